The Bertz CT molecular complexity index is 993. The van der Waals surface area contributed by atoms with Crippen molar-refractivity contribution in [3.63, 3.8) is 0 Å². The Morgan fingerprint density at radius 3 is 2.45 bits per heavy atom. The van der Waals surface area contributed by atoms with Crippen molar-refractivity contribution in [3.8, 4) is 5.75 Å². The van der Waals surface area contributed by atoms with Crippen LogP contribution in [-0.4, -0.2) is 71.4 Å². The molecule has 1 amide bonds. The molecule has 0 aromatic heterocycles. The number of hydrogen-bond acceptors (Lipinski definition) is 4. The number of rotatable bonds is 5. The third kappa shape index (κ3) is 4.29. The highest BCUT2D eigenvalue weighted by molar-refractivity contribution is 5.68. The SMILES string of the molecule is CC(C)(C)N(C(=O)O)C1CN(c2ccc3c(c2)[C@H](Cc2ccccc2)[C@H](N2CCC2)CO3)C1. The summed E-state index contributed by atoms with van der Waals surface area (Å²) in [6.45, 7) is 10.4. The fourth-order valence-corrected chi connectivity index (χ4v) is 5.62. The molecule has 0 unspecified atom stereocenters. The number of carbonyl (C=O) groups is 1. The maximum absolute atomic E-state index is 11.9. The summed E-state index contributed by atoms with van der Waals surface area (Å²) in [5, 5.41) is 9.73. The van der Waals surface area contributed by atoms with Gasteiger partial charge in [-0.15, -0.1) is 0 Å². The van der Waals surface area contributed by atoms with E-state index in [1.54, 1.807) is 4.90 Å². The number of likely N-dealkylation sites (tertiary alicyclic amines) is 1. The van der Waals surface area contributed by atoms with Gasteiger partial charge in [-0.05, 0) is 70.5 Å². The number of benzene rings is 2. The molecule has 0 radical (unpaired) electrons. The molecule has 6 heteroatoms. The second-order valence-corrected chi connectivity index (χ2v) is 10.7. The standard InChI is InChI=1S/C27H35N3O3/c1-27(2,3)30(26(31)32)21-16-29(17-21)20-10-11-25-23(15-20)22(14-19-8-5-4-6-9-19)24(18-33-25)28-12-7-13-28/h4-6,8-11,15,21-22,24H,7,12-14,16-18H2,1-3H3,(H,31,32)/t22-,24+/m0/s1. The van der Waals surface area contributed by atoms with Crippen LogP contribution in [0.1, 0.15) is 44.2 Å². The summed E-state index contributed by atoms with van der Waals surface area (Å²) in [5.74, 6) is 1.38. The molecule has 3 aliphatic heterocycles. The number of amides is 1. The Kier molecular flexibility index (Phi) is 5.73. The first-order valence-corrected chi connectivity index (χ1v) is 12.1. The van der Waals surface area contributed by atoms with Crippen LogP contribution in [0.2, 0.25) is 0 Å². The fraction of sp³-hybridized carbons (Fsp3) is 0.519. The smallest absolute Gasteiger partial charge is 0.408 e. The van der Waals surface area contributed by atoms with Crippen molar-refractivity contribution in [1.82, 2.24) is 9.80 Å². The van der Waals surface area contributed by atoms with Crippen molar-refractivity contribution < 1.29 is 14.6 Å². The van der Waals surface area contributed by atoms with Crippen molar-refractivity contribution in [3.05, 3.63) is 59.7 Å². The Morgan fingerprint density at radius 1 is 1.12 bits per heavy atom. The Hall–Kier alpha value is -2.73. The molecular weight excluding hydrogens is 414 g/mol. The summed E-state index contributed by atoms with van der Waals surface area (Å²) in [6, 6.07) is 17.7. The van der Waals surface area contributed by atoms with Crippen LogP contribution in [0.25, 0.3) is 0 Å². The zero-order chi connectivity index (χ0) is 23.2. The number of carboxylic acid groups (broad SMARTS) is 1. The lowest BCUT2D eigenvalue weighted by Gasteiger charge is -2.50. The molecule has 6 nitrogen and oxygen atoms in total. The Morgan fingerprint density at radius 2 is 1.85 bits per heavy atom. The maximum Gasteiger partial charge on any atom is 0.408 e. The van der Waals surface area contributed by atoms with Gasteiger partial charge >= 0.3 is 6.09 Å². The molecule has 0 spiro atoms. The van der Waals surface area contributed by atoms with Crippen LogP contribution in [0.15, 0.2) is 48.5 Å². The second-order valence-electron chi connectivity index (χ2n) is 10.7. The first-order chi connectivity index (χ1) is 15.8. The van der Waals surface area contributed by atoms with Crippen molar-refractivity contribution in [1.29, 1.82) is 0 Å². The lowest BCUT2D eigenvalue weighted by molar-refractivity contribution is 0.0501. The molecular formula is C27H35N3O3. The summed E-state index contributed by atoms with van der Waals surface area (Å²) in [6.07, 6.45) is 1.43. The summed E-state index contributed by atoms with van der Waals surface area (Å²) in [7, 11) is 0. The lowest BCUT2D eigenvalue weighted by Crippen LogP contribution is -2.65. The third-order valence-electron chi connectivity index (χ3n) is 7.45. The maximum atomic E-state index is 11.9. The van der Waals surface area contributed by atoms with Gasteiger partial charge in [0.25, 0.3) is 0 Å². The monoisotopic (exact) mass is 449 g/mol. The molecule has 2 aromatic carbocycles. The van der Waals surface area contributed by atoms with E-state index < -0.39 is 11.6 Å². The molecule has 3 aliphatic rings. The molecule has 2 saturated heterocycles. The van der Waals surface area contributed by atoms with Gasteiger partial charge in [-0.25, -0.2) is 4.79 Å². The van der Waals surface area contributed by atoms with Crippen LogP contribution < -0.4 is 9.64 Å². The summed E-state index contributed by atoms with van der Waals surface area (Å²) >= 11 is 0. The van der Waals surface area contributed by atoms with Gasteiger partial charge in [0.15, 0.2) is 0 Å². The zero-order valence-electron chi connectivity index (χ0n) is 19.9. The van der Waals surface area contributed by atoms with E-state index in [4.69, 9.17) is 4.74 Å². The average Bonchev–Trinajstić information content (AvgIpc) is 2.70. The summed E-state index contributed by atoms with van der Waals surface area (Å²) in [5.41, 5.74) is 3.40. The van der Waals surface area contributed by atoms with E-state index >= 15 is 0 Å². The van der Waals surface area contributed by atoms with E-state index in [1.807, 2.05) is 20.8 Å². The van der Waals surface area contributed by atoms with E-state index in [1.165, 1.54) is 17.5 Å². The fourth-order valence-electron chi connectivity index (χ4n) is 5.62. The van der Waals surface area contributed by atoms with Crippen molar-refractivity contribution in [2.45, 2.75) is 57.2 Å². The highest BCUT2D eigenvalue weighted by atomic mass is 16.5. The largest absolute Gasteiger partial charge is 0.492 e. The number of ether oxygens (including phenoxy) is 1. The normalized spacial score (nSPS) is 23.2. The van der Waals surface area contributed by atoms with Gasteiger partial charge in [-0.1, -0.05) is 30.3 Å². The minimum atomic E-state index is -0.841. The van der Waals surface area contributed by atoms with Crippen LogP contribution in [-0.2, 0) is 6.42 Å². The first-order valence-electron chi connectivity index (χ1n) is 12.1. The number of anilines is 1. The molecule has 2 aromatic rings. The van der Waals surface area contributed by atoms with E-state index in [-0.39, 0.29) is 6.04 Å². The first kappa shape index (κ1) is 22.1. The Labute approximate surface area is 196 Å². The topological polar surface area (TPSA) is 56.3 Å². The molecule has 3 heterocycles. The molecule has 0 aliphatic carbocycles. The molecule has 176 valence electrons. The van der Waals surface area contributed by atoms with Crippen molar-refractivity contribution in [2.75, 3.05) is 37.7 Å². The van der Waals surface area contributed by atoms with Gasteiger partial charge in [0.05, 0.1) is 12.1 Å². The van der Waals surface area contributed by atoms with Gasteiger partial charge in [0.1, 0.15) is 12.4 Å². The van der Waals surface area contributed by atoms with Crippen LogP contribution in [0, 0.1) is 0 Å². The van der Waals surface area contributed by atoms with Gasteiger partial charge in [0.2, 0.25) is 0 Å². The van der Waals surface area contributed by atoms with Crippen molar-refractivity contribution in [2.24, 2.45) is 0 Å². The molecule has 33 heavy (non-hydrogen) atoms. The van der Waals surface area contributed by atoms with Gasteiger partial charge in [-0.2, -0.15) is 0 Å². The van der Waals surface area contributed by atoms with E-state index in [0.29, 0.717) is 12.0 Å². The molecule has 5 rings (SSSR count). The zero-order valence-corrected chi connectivity index (χ0v) is 19.9. The average molecular weight is 450 g/mol. The van der Waals surface area contributed by atoms with Crippen LogP contribution >= 0.6 is 0 Å². The summed E-state index contributed by atoms with van der Waals surface area (Å²) < 4.78 is 6.24. The van der Waals surface area contributed by atoms with Crippen LogP contribution in [0.5, 0.6) is 5.75 Å². The molecule has 0 bridgehead atoms. The number of nitrogens with zero attached hydrogens (tertiary/aromatic N) is 3. The van der Waals surface area contributed by atoms with Gasteiger partial charge in [-0.3, -0.25) is 9.80 Å². The highest BCUT2D eigenvalue weighted by Gasteiger charge is 2.41. The van der Waals surface area contributed by atoms with Gasteiger partial charge in [0, 0.05) is 35.8 Å². The highest BCUT2D eigenvalue weighted by Crippen LogP contribution is 2.42. The minimum Gasteiger partial charge on any atom is -0.492 e. The van der Waals surface area contributed by atoms with Crippen LogP contribution in [0.4, 0.5) is 10.5 Å². The van der Waals surface area contributed by atoms with Crippen LogP contribution in [0.3, 0.4) is 0 Å². The summed E-state index contributed by atoms with van der Waals surface area (Å²) in [4.78, 5) is 18.3. The molecule has 1 N–H and O–H groups in total. The molecule has 2 atom stereocenters. The molecule has 0 saturated carbocycles. The van der Waals surface area contributed by atoms with Gasteiger partial charge < -0.3 is 14.7 Å². The second kappa shape index (κ2) is 8.56. The number of hydrogen-bond donors (Lipinski definition) is 1. The Balaban J connectivity index is 1.39. The van der Waals surface area contributed by atoms with E-state index in [9.17, 15) is 9.90 Å². The molecule has 2 fully saturated rings. The third-order valence-corrected chi connectivity index (χ3v) is 7.45. The van der Waals surface area contributed by atoms with E-state index in [2.05, 4.69) is 58.3 Å². The number of fused-ring (bicyclic) bond motifs is 1. The predicted molar refractivity (Wildman–Crippen MR) is 130 cm³/mol. The predicted octanol–water partition coefficient (Wildman–Crippen LogP) is 4.45. The van der Waals surface area contributed by atoms with Crippen molar-refractivity contribution >= 4 is 11.8 Å². The minimum absolute atomic E-state index is 0.0173. The lowest BCUT2D eigenvalue weighted by atomic mass is 9.82. The quantitative estimate of drug-likeness (QED) is 0.731. The van der Waals surface area contributed by atoms with E-state index in [0.717, 1.165) is 50.6 Å².